The molecular formula is C21H43IN4O4. The smallest absolute Gasteiger partial charge is 0.408 e. The molecule has 1 atom stereocenters. The lowest BCUT2D eigenvalue weighted by Gasteiger charge is -2.34. The normalized spacial score (nSPS) is 17.3. The van der Waals surface area contributed by atoms with Crippen LogP contribution in [0.5, 0.6) is 0 Å². The lowest BCUT2D eigenvalue weighted by Crippen LogP contribution is -2.57. The number of ether oxygens (including phenoxy) is 3. The number of rotatable bonds is 11. The molecule has 0 aromatic carbocycles. The molecule has 1 rings (SSSR count). The molecule has 0 saturated carbocycles. The van der Waals surface area contributed by atoms with Crippen molar-refractivity contribution in [3.63, 3.8) is 0 Å². The van der Waals surface area contributed by atoms with E-state index in [9.17, 15) is 4.79 Å². The lowest BCUT2D eigenvalue weighted by atomic mass is 9.93. The third-order valence-electron chi connectivity index (χ3n) is 5.07. The predicted octanol–water partition coefficient (Wildman–Crippen LogP) is 3.30. The van der Waals surface area contributed by atoms with E-state index in [4.69, 9.17) is 14.2 Å². The second-order valence-electron chi connectivity index (χ2n) is 8.62. The quantitative estimate of drug-likeness (QED) is 0.161. The summed E-state index contributed by atoms with van der Waals surface area (Å²) in [6.45, 7) is 14.2. The second kappa shape index (κ2) is 15.1. The summed E-state index contributed by atoms with van der Waals surface area (Å²) in [5, 5.41) is 9.67. The molecule has 1 aliphatic rings. The maximum absolute atomic E-state index is 12.2. The number of nitrogens with zero attached hydrogens (tertiary/aromatic N) is 1. The molecule has 1 heterocycles. The summed E-state index contributed by atoms with van der Waals surface area (Å²) in [6, 6.07) is 0. The standard InChI is InChI=1S/C21H42N4O4.HI/c1-7-21(8-2,25-19(26)29-20(3,4)5)16-24-18(22-6)23-11-9-12-27-14-17-10-13-28-15-17;/h17H,7-16H2,1-6H3,(H,25,26)(H2,22,23,24);1H. The van der Waals surface area contributed by atoms with Crippen LogP contribution in [0.15, 0.2) is 4.99 Å². The van der Waals surface area contributed by atoms with Crippen LogP contribution in [0.4, 0.5) is 4.79 Å². The van der Waals surface area contributed by atoms with Crippen molar-refractivity contribution in [2.24, 2.45) is 10.9 Å². The van der Waals surface area contributed by atoms with Gasteiger partial charge in [-0.25, -0.2) is 4.79 Å². The van der Waals surface area contributed by atoms with Crippen LogP contribution in [0, 0.1) is 5.92 Å². The number of carbonyl (C=O) groups excluding carboxylic acids is 1. The molecule has 0 aliphatic carbocycles. The second-order valence-corrected chi connectivity index (χ2v) is 8.62. The Morgan fingerprint density at radius 1 is 1.20 bits per heavy atom. The molecule has 0 aromatic heterocycles. The van der Waals surface area contributed by atoms with Crippen LogP contribution in [0.3, 0.4) is 0 Å². The van der Waals surface area contributed by atoms with Gasteiger partial charge in [-0.05, 0) is 46.5 Å². The summed E-state index contributed by atoms with van der Waals surface area (Å²) in [4.78, 5) is 16.5. The minimum Gasteiger partial charge on any atom is -0.444 e. The van der Waals surface area contributed by atoms with Gasteiger partial charge in [-0.3, -0.25) is 4.99 Å². The van der Waals surface area contributed by atoms with E-state index in [-0.39, 0.29) is 24.0 Å². The van der Waals surface area contributed by atoms with E-state index in [1.165, 1.54) is 0 Å². The molecule has 1 aliphatic heterocycles. The Bertz CT molecular complexity index is 502. The number of amides is 1. The van der Waals surface area contributed by atoms with Crippen LogP contribution in [0.25, 0.3) is 0 Å². The monoisotopic (exact) mass is 542 g/mol. The Balaban J connectivity index is 0.00000841. The number of hydrogen-bond acceptors (Lipinski definition) is 5. The summed E-state index contributed by atoms with van der Waals surface area (Å²) in [5.41, 5.74) is -0.915. The third-order valence-corrected chi connectivity index (χ3v) is 5.07. The van der Waals surface area contributed by atoms with Crippen molar-refractivity contribution in [3.8, 4) is 0 Å². The van der Waals surface area contributed by atoms with Crippen molar-refractivity contribution in [3.05, 3.63) is 0 Å². The Hall–Kier alpha value is -0.810. The fraction of sp³-hybridized carbons (Fsp3) is 0.905. The molecule has 1 amide bonds. The number of hydrogen-bond donors (Lipinski definition) is 3. The van der Waals surface area contributed by atoms with Crippen LogP contribution < -0.4 is 16.0 Å². The van der Waals surface area contributed by atoms with Gasteiger partial charge in [-0.1, -0.05) is 13.8 Å². The number of carbonyl (C=O) groups is 1. The first-order valence-electron chi connectivity index (χ1n) is 10.8. The van der Waals surface area contributed by atoms with Crippen molar-refractivity contribution in [1.82, 2.24) is 16.0 Å². The molecule has 0 aromatic rings. The van der Waals surface area contributed by atoms with Crippen molar-refractivity contribution in [1.29, 1.82) is 0 Å². The van der Waals surface area contributed by atoms with Gasteiger partial charge in [0.2, 0.25) is 0 Å². The molecule has 0 spiro atoms. The fourth-order valence-electron chi connectivity index (χ4n) is 3.06. The van der Waals surface area contributed by atoms with Crippen molar-refractivity contribution in [2.45, 2.75) is 71.4 Å². The highest BCUT2D eigenvalue weighted by Crippen LogP contribution is 2.16. The minimum atomic E-state index is -0.519. The zero-order valence-corrected chi connectivity index (χ0v) is 22.0. The van der Waals surface area contributed by atoms with Crippen molar-refractivity contribution in [2.75, 3.05) is 46.6 Å². The Labute approximate surface area is 199 Å². The van der Waals surface area contributed by atoms with Crippen LogP contribution in [0.1, 0.15) is 60.3 Å². The topological polar surface area (TPSA) is 93.2 Å². The highest BCUT2D eigenvalue weighted by atomic mass is 127. The number of halogens is 1. The SMILES string of the molecule is CCC(CC)(CNC(=NC)NCCCOCC1CCOC1)NC(=O)OC(C)(C)C.I. The molecule has 1 saturated heterocycles. The number of alkyl carbamates (subject to hydrolysis) is 1. The summed E-state index contributed by atoms with van der Waals surface area (Å²) in [6.07, 6.45) is 3.17. The van der Waals surface area contributed by atoms with Crippen LogP contribution in [-0.2, 0) is 14.2 Å². The number of nitrogens with one attached hydrogen (secondary N) is 3. The number of guanidine groups is 1. The van der Waals surface area contributed by atoms with Gasteiger partial charge in [-0.2, -0.15) is 0 Å². The van der Waals surface area contributed by atoms with Crippen LogP contribution >= 0.6 is 24.0 Å². The molecular weight excluding hydrogens is 499 g/mol. The number of aliphatic imine (C=N–C) groups is 1. The van der Waals surface area contributed by atoms with Gasteiger partial charge in [0.05, 0.1) is 18.8 Å². The summed E-state index contributed by atoms with van der Waals surface area (Å²) in [7, 11) is 1.74. The molecule has 9 heteroatoms. The van der Waals surface area contributed by atoms with Gasteiger partial charge >= 0.3 is 6.09 Å². The maximum atomic E-state index is 12.2. The molecule has 3 N–H and O–H groups in total. The largest absolute Gasteiger partial charge is 0.444 e. The van der Waals surface area contributed by atoms with Crippen molar-refractivity contribution >= 4 is 36.0 Å². The predicted molar refractivity (Wildman–Crippen MR) is 132 cm³/mol. The summed E-state index contributed by atoms with van der Waals surface area (Å²) in [5.74, 6) is 1.26. The molecule has 178 valence electrons. The Morgan fingerprint density at radius 2 is 1.90 bits per heavy atom. The van der Waals surface area contributed by atoms with Crippen LogP contribution in [-0.4, -0.2) is 69.8 Å². The van der Waals surface area contributed by atoms with E-state index in [1.54, 1.807) is 7.05 Å². The van der Waals surface area contributed by atoms with E-state index in [0.29, 0.717) is 25.0 Å². The Kier molecular flexibility index (Phi) is 14.7. The zero-order chi connectivity index (χ0) is 21.8. The highest BCUT2D eigenvalue weighted by Gasteiger charge is 2.30. The first kappa shape index (κ1) is 29.2. The third kappa shape index (κ3) is 12.1. The minimum absolute atomic E-state index is 0. The van der Waals surface area contributed by atoms with Crippen molar-refractivity contribution < 1.29 is 19.0 Å². The molecule has 0 radical (unpaired) electrons. The van der Waals surface area contributed by atoms with Gasteiger partial charge in [0.25, 0.3) is 0 Å². The van der Waals surface area contributed by atoms with Gasteiger partial charge in [-0.15, -0.1) is 24.0 Å². The van der Waals surface area contributed by atoms with Crippen LogP contribution in [0.2, 0.25) is 0 Å². The first-order chi connectivity index (χ1) is 13.7. The van der Waals surface area contributed by atoms with Gasteiger partial charge in [0.1, 0.15) is 5.60 Å². The summed E-state index contributed by atoms with van der Waals surface area (Å²) >= 11 is 0. The maximum Gasteiger partial charge on any atom is 0.408 e. The van der Waals surface area contributed by atoms with E-state index >= 15 is 0 Å². The van der Waals surface area contributed by atoms with Gasteiger partial charge in [0, 0.05) is 39.3 Å². The van der Waals surface area contributed by atoms with Gasteiger partial charge < -0.3 is 30.2 Å². The molecule has 30 heavy (non-hydrogen) atoms. The highest BCUT2D eigenvalue weighted by molar-refractivity contribution is 14.0. The Morgan fingerprint density at radius 3 is 2.43 bits per heavy atom. The average molecular weight is 543 g/mol. The fourth-order valence-corrected chi connectivity index (χ4v) is 3.06. The molecule has 1 unspecified atom stereocenters. The van der Waals surface area contributed by atoms with Gasteiger partial charge in [0.15, 0.2) is 5.96 Å². The molecule has 1 fully saturated rings. The molecule has 8 nitrogen and oxygen atoms in total. The lowest BCUT2D eigenvalue weighted by molar-refractivity contribution is 0.0448. The zero-order valence-electron chi connectivity index (χ0n) is 19.6. The van der Waals surface area contributed by atoms with E-state index in [0.717, 1.165) is 52.0 Å². The average Bonchev–Trinajstić information content (AvgIpc) is 3.17. The van der Waals surface area contributed by atoms with E-state index in [1.807, 2.05) is 20.8 Å². The van der Waals surface area contributed by atoms with E-state index < -0.39 is 17.2 Å². The van der Waals surface area contributed by atoms with E-state index in [2.05, 4.69) is 34.8 Å². The summed E-state index contributed by atoms with van der Waals surface area (Å²) < 4.78 is 16.5. The first-order valence-corrected chi connectivity index (χ1v) is 10.8. The molecule has 0 bridgehead atoms.